The Labute approximate surface area is 214 Å². The molecule has 1 N–H and O–H groups in total. The van der Waals surface area contributed by atoms with Crippen LogP contribution in [0.5, 0.6) is 0 Å². The molecule has 0 saturated heterocycles. The van der Waals surface area contributed by atoms with Crippen molar-refractivity contribution in [3.8, 4) is 0 Å². The van der Waals surface area contributed by atoms with E-state index in [4.69, 9.17) is 9.90 Å². The fourth-order valence-electron chi connectivity index (χ4n) is 1.12. The van der Waals surface area contributed by atoms with Gasteiger partial charge in [0.05, 0.1) is 0 Å². The molecule has 164 valence electrons. The first kappa shape index (κ1) is 56.6. The third kappa shape index (κ3) is 137. The summed E-state index contributed by atoms with van der Waals surface area (Å²) < 4.78 is 7.72. The van der Waals surface area contributed by atoms with Crippen molar-refractivity contribution in [3.05, 3.63) is 0 Å². The number of carboxylic acid groups (broad SMARTS) is 1. The number of hydrogen-bond acceptors (Lipinski definition) is 1. The summed E-state index contributed by atoms with van der Waals surface area (Å²) in [6.45, 7) is 12.7. The number of carboxylic acids is 1. The number of carbonyl (C=O) groups is 1. The molecule has 0 heterocycles. The van der Waals surface area contributed by atoms with E-state index in [2.05, 4.69) is 49.4 Å². The standard InChI is InChI=1S/C2H4O2.5C2H5.3CH3.5ClH.3Sn.2H/c1-2(3)4;5*1-2;;;;;;;;;;;;;/h1H3,(H,3,4);5*1H2,2H3;3*1H3;5*1H;;;;;. The maximum absolute atomic E-state index is 9.00. The molecule has 0 aromatic heterocycles. The van der Waals surface area contributed by atoms with Crippen molar-refractivity contribution in [1.82, 2.24) is 0 Å². The van der Waals surface area contributed by atoms with Crippen LogP contribution in [-0.2, 0) is 4.79 Å². The summed E-state index contributed by atoms with van der Waals surface area (Å²) in [4.78, 5) is 16.1. The van der Waals surface area contributed by atoms with E-state index < -0.39 is 45.5 Å². The Morgan fingerprint density at radius 1 is 0.760 bits per heavy atom. The average Bonchev–Trinajstić information content (AvgIpc) is 2.31. The van der Waals surface area contributed by atoms with Crippen LogP contribution in [-0.4, -0.2) is 71.7 Å². The van der Waals surface area contributed by atoms with Crippen molar-refractivity contribution in [2.24, 2.45) is 0 Å². The molecule has 0 aliphatic rings. The van der Waals surface area contributed by atoms with Gasteiger partial charge in [-0.2, -0.15) is 0 Å². The predicted octanol–water partition coefficient (Wildman–Crippen LogP) is 7.14. The Morgan fingerprint density at radius 3 is 0.920 bits per heavy atom. The van der Waals surface area contributed by atoms with E-state index in [0.717, 1.165) is 6.92 Å². The molecule has 0 aliphatic carbocycles. The summed E-state index contributed by atoms with van der Waals surface area (Å²) in [5.74, 6) is -0.833. The molecule has 10 heteroatoms. The summed E-state index contributed by atoms with van der Waals surface area (Å²) in [5, 5.41) is 7.42. The van der Waals surface area contributed by atoms with Crippen LogP contribution >= 0.6 is 62.0 Å². The van der Waals surface area contributed by atoms with Crippen molar-refractivity contribution in [1.29, 1.82) is 0 Å². The molecular weight excluding hydrogens is 746 g/mol. The summed E-state index contributed by atoms with van der Waals surface area (Å²) in [6.07, 6.45) is 0. The van der Waals surface area contributed by atoms with Gasteiger partial charge in [0.2, 0.25) is 0 Å². The van der Waals surface area contributed by atoms with Gasteiger partial charge in [0, 0.05) is 6.92 Å². The number of aliphatic carboxylic acids is 1. The maximum atomic E-state index is 9.00. The topological polar surface area (TPSA) is 37.3 Å². The van der Waals surface area contributed by atoms with Crippen LogP contribution in [0.1, 0.15) is 41.5 Å². The average molecular weight is 791 g/mol. The Kier molecular flexibility index (Phi) is 128. The van der Waals surface area contributed by atoms with Crippen LogP contribution in [0.3, 0.4) is 0 Å². The Bertz CT molecular complexity index is 165. The van der Waals surface area contributed by atoms with Crippen molar-refractivity contribution >= 4 is 129 Å². The fraction of sp³-hybridized carbons (Fsp3) is 0.933. The zero-order valence-electron chi connectivity index (χ0n) is 17.6. The van der Waals surface area contributed by atoms with Crippen LogP contribution in [0.4, 0.5) is 0 Å². The molecule has 0 fully saturated rings. The van der Waals surface area contributed by atoms with Gasteiger partial charge in [-0.05, 0) is 0 Å². The SMILES string of the molecule is CC(=O)O.C[CH2][SnH]([CH2]C)[CH2]C.C[CH2][Sn][CH2]C.Cl.Cl.Cl.Cl.Cl.[CH3][SnH]([CH3])[CH3]. The molecular formula is C15H45Cl5O2Sn3. The van der Waals surface area contributed by atoms with Gasteiger partial charge in [0.1, 0.15) is 0 Å². The van der Waals surface area contributed by atoms with E-state index in [1.54, 1.807) is 13.3 Å². The Hall–Kier alpha value is 3.32. The molecule has 25 heavy (non-hydrogen) atoms. The van der Waals surface area contributed by atoms with Crippen molar-refractivity contribution in [2.45, 2.75) is 78.5 Å². The molecule has 2 nitrogen and oxygen atoms in total. The van der Waals surface area contributed by atoms with E-state index in [1.807, 2.05) is 0 Å². The van der Waals surface area contributed by atoms with Crippen LogP contribution in [0.15, 0.2) is 0 Å². The van der Waals surface area contributed by atoms with Gasteiger partial charge in [0.25, 0.3) is 5.97 Å². The molecule has 0 aliphatic heterocycles. The first-order valence-electron chi connectivity index (χ1n) is 8.13. The summed E-state index contributed by atoms with van der Waals surface area (Å²) in [5.41, 5.74) is 0. The molecule has 0 unspecified atom stereocenters. The first-order valence-corrected chi connectivity index (χ1v) is 29.0. The van der Waals surface area contributed by atoms with E-state index in [1.165, 1.54) is 8.87 Å². The predicted molar refractivity (Wildman–Crippen MR) is 140 cm³/mol. The number of hydrogen-bond donors (Lipinski definition) is 1. The van der Waals surface area contributed by atoms with Gasteiger partial charge >= 0.3 is 132 Å². The van der Waals surface area contributed by atoms with Gasteiger partial charge in [-0.3, -0.25) is 4.79 Å². The van der Waals surface area contributed by atoms with Crippen LogP contribution in [0.25, 0.3) is 0 Å². The minimum atomic E-state index is -0.833. The summed E-state index contributed by atoms with van der Waals surface area (Å²) in [6, 6.07) is 0. The molecule has 0 saturated carbocycles. The number of halogens is 5. The van der Waals surface area contributed by atoms with Gasteiger partial charge in [-0.25, -0.2) is 0 Å². The normalized spacial score (nSPS) is 7.00. The molecule has 2 radical (unpaired) electrons. The zero-order chi connectivity index (χ0) is 17.0. The van der Waals surface area contributed by atoms with Crippen molar-refractivity contribution < 1.29 is 9.90 Å². The van der Waals surface area contributed by atoms with E-state index in [0.29, 0.717) is 0 Å². The molecule has 0 bridgehead atoms. The fourth-order valence-corrected chi connectivity index (χ4v) is 7.49. The van der Waals surface area contributed by atoms with E-state index in [-0.39, 0.29) is 83.2 Å². The quantitative estimate of drug-likeness (QED) is 0.301. The van der Waals surface area contributed by atoms with Crippen LogP contribution < -0.4 is 0 Å². The molecule has 0 aromatic carbocycles. The second-order valence-corrected chi connectivity index (χ2v) is 32.6. The molecule has 0 atom stereocenters. The molecule has 0 amide bonds. The molecule has 0 rings (SSSR count). The second-order valence-electron chi connectivity index (χ2n) is 5.30. The van der Waals surface area contributed by atoms with Gasteiger partial charge in [-0.1, -0.05) is 0 Å². The third-order valence-electron chi connectivity index (χ3n) is 2.23. The number of rotatable bonds is 5. The summed E-state index contributed by atoms with van der Waals surface area (Å²) in [7, 11) is 0. The summed E-state index contributed by atoms with van der Waals surface area (Å²) >= 11 is -1.18. The monoisotopic (exact) mass is 792 g/mol. The van der Waals surface area contributed by atoms with Gasteiger partial charge < -0.3 is 5.11 Å². The second kappa shape index (κ2) is 56.4. The van der Waals surface area contributed by atoms with Crippen molar-refractivity contribution in [2.75, 3.05) is 0 Å². The minimum absolute atomic E-state index is 0. The Morgan fingerprint density at radius 2 is 0.920 bits per heavy atom. The van der Waals surface area contributed by atoms with Crippen molar-refractivity contribution in [3.63, 3.8) is 0 Å². The van der Waals surface area contributed by atoms with E-state index >= 15 is 0 Å². The molecule has 0 aromatic rings. The Balaban J connectivity index is -0.0000000187. The van der Waals surface area contributed by atoms with Gasteiger partial charge in [-0.15, -0.1) is 62.0 Å². The van der Waals surface area contributed by atoms with Crippen LogP contribution in [0, 0.1) is 0 Å². The first-order chi connectivity index (χ1) is 9.22. The van der Waals surface area contributed by atoms with Crippen LogP contribution in [0.2, 0.25) is 37.0 Å². The molecule has 0 spiro atoms. The third-order valence-corrected chi connectivity index (χ3v) is 15.0. The zero-order valence-corrected chi connectivity index (χ0v) is 31.1. The van der Waals surface area contributed by atoms with E-state index in [9.17, 15) is 0 Å². The van der Waals surface area contributed by atoms with Gasteiger partial charge in [0.15, 0.2) is 0 Å².